The molecule has 0 saturated heterocycles. The Labute approximate surface area is 567 Å². The van der Waals surface area contributed by atoms with E-state index < -0.39 is 145 Å². The van der Waals surface area contributed by atoms with Crippen molar-refractivity contribution in [2.24, 2.45) is 5.73 Å². The fourth-order valence-electron chi connectivity index (χ4n) is 8.99. The Kier molecular flexibility index (Phi) is 52.2. The van der Waals surface area contributed by atoms with Gasteiger partial charge in [-0.15, -0.1) is 0 Å². The van der Waals surface area contributed by atoms with E-state index in [4.69, 9.17) is 29.8 Å². The highest BCUT2D eigenvalue weighted by atomic mass is 127. The number of nitrogens with two attached hydrogens (primary N) is 1. The third kappa shape index (κ3) is 50.2. The van der Waals surface area contributed by atoms with Crippen LogP contribution < -0.4 is 51.8 Å². The molecule has 0 radical (unpaired) electrons. The lowest BCUT2D eigenvalue weighted by atomic mass is 10.0. The molecule has 0 rings (SSSR count). The zero-order valence-electron chi connectivity index (χ0n) is 54.4. The van der Waals surface area contributed by atoms with Crippen molar-refractivity contribution in [2.75, 3.05) is 72.5 Å². The third-order valence-electron chi connectivity index (χ3n) is 14.3. The van der Waals surface area contributed by atoms with Crippen LogP contribution in [-0.2, 0) is 86.1 Å². The lowest BCUT2D eigenvalue weighted by Crippen LogP contribution is -2.54. The fourth-order valence-corrected chi connectivity index (χ4v) is 9.59. The molecule has 9 amide bonds. The predicted molar refractivity (Wildman–Crippen MR) is 347 cm³/mol. The van der Waals surface area contributed by atoms with Gasteiger partial charge in [-0.1, -0.05) is 77.0 Å². The molecule has 0 heterocycles. The van der Waals surface area contributed by atoms with Gasteiger partial charge in [-0.05, 0) is 64.7 Å². The second-order valence-corrected chi connectivity index (χ2v) is 23.1. The first-order valence-electron chi connectivity index (χ1n) is 32.3. The molecule has 0 fully saturated rings. The number of rotatable bonds is 63. The van der Waals surface area contributed by atoms with Crippen molar-refractivity contribution in [3.63, 3.8) is 0 Å². The number of carbonyl (C=O) groups excluding carboxylic acids is 9. The highest BCUT2D eigenvalue weighted by molar-refractivity contribution is 14.1. The number of ether oxygens (including phenoxy) is 4. The summed E-state index contributed by atoms with van der Waals surface area (Å²) in [6.45, 7) is 0.888. The summed E-state index contributed by atoms with van der Waals surface area (Å²) in [5, 5.41) is 76.1. The Bertz CT molecular complexity index is 2340. The molecule has 0 aromatic heterocycles. The van der Waals surface area contributed by atoms with E-state index in [1.165, 1.54) is 32.6 Å². The van der Waals surface area contributed by atoms with Gasteiger partial charge >= 0.3 is 29.8 Å². The maximum atomic E-state index is 12.6. The number of carboxylic acids is 5. The van der Waals surface area contributed by atoms with E-state index in [0.717, 1.165) is 57.8 Å². The average molecular weight is 1480 g/mol. The average Bonchev–Trinajstić information content (AvgIpc) is 1.31. The van der Waals surface area contributed by atoms with Gasteiger partial charge < -0.3 is 97.9 Å². The van der Waals surface area contributed by atoms with Gasteiger partial charge in [0.05, 0.1) is 51.8 Å². The second kappa shape index (κ2) is 56.3. The van der Waals surface area contributed by atoms with Crippen molar-refractivity contribution in [3.8, 4) is 0 Å². The van der Waals surface area contributed by atoms with Gasteiger partial charge in [0.25, 0.3) is 0 Å². The number of amides is 9. The number of hydrogen-bond acceptors (Lipinski definition) is 20. The van der Waals surface area contributed by atoms with Gasteiger partial charge in [0.2, 0.25) is 53.2 Å². The van der Waals surface area contributed by atoms with Crippen LogP contribution in [0.3, 0.4) is 0 Å². The van der Waals surface area contributed by atoms with E-state index in [1.54, 1.807) is 22.9 Å². The van der Waals surface area contributed by atoms with Crippen LogP contribution in [0.2, 0.25) is 0 Å². The smallest absolute Gasteiger partial charge is 0.326 e. The maximum Gasteiger partial charge on any atom is 0.326 e. The van der Waals surface area contributed by atoms with Crippen LogP contribution in [0.4, 0.5) is 0 Å². The van der Waals surface area contributed by atoms with E-state index in [1.807, 2.05) is 0 Å². The molecular weight excluding hydrogens is 1370 g/mol. The highest BCUT2D eigenvalue weighted by Gasteiger charge is 2.29. The van der Waals surface area contributed by atoms with E-state index >= 15 is 0 Å². The van der Waals surface area contributed by atoms with Crippen LogP contribution in [-0.4, -0.2) is 228 Å². The van der Waals surface area contributed by atoms with E-state index in [2.05, 4.69) is 46.1 Å². The van der Waals surface area contributed by atoms with E-state index in [-0.39, 0.29) is 117 Å². The molecule has 0 aliphatic rings. The van der Waals surface area contributed by atoms with Gasteiger partial charge in [0.15, 0.2) is 0 Å². The lowest BCUT2D eigenvalue weighted by Gasteiger charge is -2.21. The number of carbonyl (C=O) groups is 14. The Balaban J connectivity index is 4.18. The van der Waals surface area contributed by atoms with Gasteiger partial charge in [0, 0.05) is 81.0 Å². The monoisotopic (exact) mass is 1470 g/mol. The normalized spacial score (nSPS) is 13.3. The summed E-state index contributed by atoms with van der Waals surface area (Å²) in [6.07, 6.45) is 11.9. The number of nitrogens with one attached hydrogen (secondary N) is 9. The van der Waals surface area contributed by atoms with Crippen molar-refractivity contribution in [1.29, 1.82) is 0 Å². The summed E-state index contributed by atoms with van der Waals surface area (Å²) in [5.41, 5.74) is 5.21. The number of aliphatic hydroxyl groups is 1. The van der Waals surface area contributed by atoms with Crippen LogP contribution in [0.5, 0.6) is 0 Å². The van der Waals surface area contributed by atoms with E-state index in [0.29, 0.717) is 25.7 Å². The number of primary amides is 1. The third-order valence-corrected chi connectivity index (χ3v) is 15.1. The molecule has 7 atom stereocenters. The molecule has 0 bridgehead atoms. The van der Waals surface area contributed by atoms with Crippen molar-refractivity contribution in [3.05, 3.63) is 0 Å². The highest BCUT2D eigenvalue weighted by Crippen LogP contribution is 2.15. The molecule has 0 aliphatic carbocycles. The molecule has 35 heteroatoms. The molecule has 95 heavy (non-hydrogen) atoms. The van der Waals surface area contributed by atoms with Crippen LogP contribution in [0.15, 0.2) is 0 Å². The Morgan fingerprint density at radius 3 is 1.07 bits per heavy atom. The predicted octanol–water partition coefficient (Wildman–Crippen LogP) is -0.0446. The van der Waals surface area contributed by atoms with Gasteiger partial charge in [-0.2, -0.15) is 0 Å². The zero-order chi connectivity index (χ0) is 71.2. The Morgan fingerprint density at radius 2 is 0.695 bits per heavy atom. The molecule has 0 aliphatic heterocycles. The number of hydrogen-bond donors (Lipinski definition) is 16. The topological polar surface area (TPSA) is 532 Å². The fraction of sp³-hybridized carbons (Fsp3) is 0.767. The quantitative estimate of drug-likeness (QED) is 0.0216. The van der Waals surface area contributed by atoms with Crippen LogP contribution >= 0.6 is 22.9 Å². The minimum atomic E-state index is -1.53. The van der Waals surface area contributed by atoms with Crippen LogP contribution in [0, 0.1) is 0 Å². The summed E-state index contributed by atoms with van der Waals surface area (Å²) in [4.78, 5) is 169. The molecule has 544 valence electrons. The number of unbranched alkanes of at least 4 members (excludes halogenated alkanes) is 14. The first-order valence-corrected chi connectivity index (χ1v) is 33.4. The Hall–Kier alpha value is -6.93. The Morgan fingerprint density at radius 1 is 0.358 bits per heavy atom. The second-order valence-electron chi connectivity index (χ2n) is 22.5. The van der Waals surface area contributed by atoms with Crippen molar-refractivity contribution in [1.82, 2.24) is 46.1 Å². The summed E-state index contributed by atoms with van der Waals surface area (Å²) >= 11 is 1.77. The van der Waals surface area contributed by atoms with E-state index in [9.17, 15) is 92.7 Å². The largest absolute Gasteiger partial charge is 0.481 e. The molecule has 1 unspecified atom stereocenters. The lowest BCUT2D eigenvalue weighted by molar-refractivity contribution is -0.144. The molecule has 0 aromatic carbocycles. The van der Waals surface area contributed by atoms with Gasteiger partial charge in [-0.25, -0.2) is 22.7 Å². The minimum absolute atomic E-state index is 0.00311. The summed E-state index contributed by atoms with van der Waals surface area (Å²) in [7, 11) is 0. The van der Waals surface area contributed by atoms with Crippen LogP contribution in [0.1, 0.15) is 180 Å². The SMILES string of the molecule is C[C@@H](O)[C@H](NC(=O)[C@H](CCCCNC(=O)CC[C@H](NC(=O)CC[C@H](NC(=O)COCCOCCNC(=O)COCCOCCNC(=O)CCC(NC(=O)CC[C@H](NC(=O)CCCCCCCCCCCCCCCCC(=O)O)C(=O)O)C(=O)O)C(=O)O)C(=O)O)NI)C(N)=O. The first kappa shape index (κ1) is 88.1. The molecule has 17 N–H and O–H groups in total. The molecule has 0 aromatic rings. The van der Waals surface area contributed by atoms with Crippen molar-refractivity contribution in [2.45, 2.75) is 223 Å². The summed E-state index contributed by atoms with van der Waals surface area (Å²) in [6, 6.07) is -7.81. The number of aliphatic hydroxyl groups excluding tert-OH is 1. The standard InChI is InChI=1S/C60H103IN10O24/c1-40(72)54(55(62)82)70-56(83)41(71-61)18-16-17-29-63-46(73)25-21-42(57(84)85)67-50(77)28-24-45(60(90)91)69-52(79)39-95-37-35-93-33-31-65-51(78)38-94-36-34-92-32-30-64-47(74)26-22-43(58(86)87)68-49(76)27-23-44(59(88)89)66-48(75)19-14-12-10-8-6-4-2-3-5-7-9-11-13-15-20-53(80)81/h40-45,54,71-72H,2-39H2,1H3,(H2,62,82)(H,63,73)(H,64,74)(H,65,78)(H,66,75)(H,67,77)(H,68,76)(H,69,79)(H,70,83)(H,80,81)(H,84,85)(H,86,87)(H,88,89)(H,90,91)/t40-,41+,42+,43?,44+,45+,54+/m1/s1. The maximum absolute atomic E-state index is 12.6. The summed E-state index contributed by atoms with van der Waals surface area (Å²) in [5.74, 6) is -12.2. The van der Waals surface area contributed by atoms with Crippen molar-refractivity contribution >= 4 is 106 Å². The molecule has 0 saturated carbocycles. The minimum Gasteiger partial charge on any atom is -0.481 e. The summed E-state index contributed by atoms with van der Waals surface area (Å²) < 4.78 is 23.9. The zero-order valence-corrected chi connectivity index (χ0v) is 56.6. The molecule has 34 nitrogen and oxygen atoms in total. The van der Waals surface area contributed by atoms with Gasteiger partial charge in [0.1, 0.15) is 43.4 Å². The number of carboxylic acid groups (broad SMARTS) is 5. The molecule has 0 spiro atoms. The van der Waals surface area contributed by atoms with Gasteiger partial charge in [-0.3, -0.25) is 47.9 Å². The van der Waals surface area contributed by atoms with Crippen LogP contribution in [0.25, 0.3) is 0 Å². The number of aliphatic carboxylic acids is 5. The number of halogens is 1. The first-order chi connectivity index (χ1) is 45.3. The van der Waals surface area contributed by atoms with Crippen molar-refractivity contribution < 1.29 is 117 Å². The molecular formula is C60H103IN10O24.